The monoisotopic (exact) mass is 232 g/mol. The molecule has 0 aromatic heterocycles. The summed E-state index contributed by atoms with van der Waals surface area (Å²) in [5.41, 5.74) is -0.590. The van der Waals surface area contributed by atoms with Crippen molar-refractivity contribution in [3.05, 3.63) is 0 Å². The number of aliphatic hydroxyl groups is 1. The summed E-state index contributed by atoms with van der Waals surface area (Å²) in [7, 11) is 0. The fourth-order valence-corrected chi connectivity index (χ4v) is 1.80. The lowest BCUT2D eigenvalue weighted by Crippen LogP contribution is -2.25. The average Bonchev–Trinajstić information content (AvgIpc) is 2.11. The minimum Gasteiger partial charge on any atom is -0.390 e. The summed E-state index contributed by atoms with van der Waals surface area (Å²) in [6, 6.07) is 0. The SMILES string of the molecule is CC[C@](C)(O)CCC(CC(=O)S)C(C)C. The third-order valence-corrected chi connectivity index (χ3v) is 3.38. The van der Waals surface area contributed by atoms with Crippen LogP contribution < -0.4 is 0 Å². The first-order valence-electron chi connectivity index (χ1n) is 5.72. The number of carbonyl (C=O) groups is 1. The third-order valence-electron chi connectivity index (χ3n) is 3.19. The van der Waals surface area contributed by atoms with E-state index in [1.165, 1.54) is 0 Å². The largest absolute Gasteiger partial charge is 0.390 e. The van der Waals surface area contributed by atoms with Crippen molar-refractivity contribution in [1.29, 1.82) is 0 Å². The summed E-state index contributed by atoms with van der Waals surface area (Å²) in [6.07, 6.45) is 2.92. The second-order valence-corrected chi connectivity index (χ2v) is 5.49. The van der Waals surface area contributed by atoms with Crippen LogP contribution in [-0.4, -0.2) is 15.8 Å². The average molecular weight is 232 g/mol. The fraction of sp³-hybridized carbons (Fsp3) is 0.917. The molecule has 0 aliphatic heterocycles. The number of hydrogen-bond acceptors (Lipinski definition) is 2. The Hall–Kier alpha value is -0.0200. The minimum atomic E-state index is -0.590. The van der Waals surface area contributed by atoms with E-state index in [2.05, 4.69) is 26.5 Å². The highest BCUT2D eigenvalue weighted by Gasteiger charge is 2.22. The molecule has 0 bridgehead atoms. The summed E-state index contributed by atoms with van der Waals surface area (Å²) in [4.78, 5) is 11.0. The first-order chi connectivity index (χ1) is 6.78. The third kappa shape index (κ3) is 6.96. The van der Waals surface area contributed by atoms with Gasteiger partial charge in [0.05, 0.1) is 5.60 Å². The summed E-state index contributed by atoms with van der Waals surface area (Å²) in [5, 5.41) is 9.83. The Morgan fingerprint density at radius 1 is 1.47 bits per heavy atom. The van der Waals surface area contributed by atoms with Crippen molar-refractivity contribution in [2.24, 2.45) is 11.8 Å². The normalized spacial score (nSPS) is 17.5. The van der Waals surface area contributed by atoms with Gasteiger partial charge in [0, 0.05) is 6.42 Å². The number of hydrogen-bond donors (Lipinski definition) is 2. The summed E-state index contributed by atoms with van der Waals surface area (Å²) < 4.78 is 0. The van der Waals surface area contributed by atoms with E-state index >= 15 is 0 Å². The van der Waals surface area contributed by atoms with Crippen molar-refractivity contribution in [2.45, 2.75) is 59.0 Å². The zero-order chi connectivity index (χ0) is 12.1. The summed E-state index contributed by atoms with van der Waals surface area (Å²) in [6.45, 7) is 8.06. The van der Waals surface area contributed by atoms with E-state index in [-0.39, 0.29) is 5.12 Å². The Morgan fingerprint density at radius 3 is 2.33 bits per heavy atom. The van der Waals surface area contributed by atoms with Gasteiger partial charge in [0.15, 0.2) is 5.12 Å². The predicted octanol–water partition coefficient (Wildman–Crippen LogP) is 3.05. The lowest BCUT2D eigenvalue weighted by atomic mass is 9.84. The number of carbonyl (C=O) groups excluding carboxylic acids is 1. The topological polar surface area (TPSA) is 37.3 Å². The van der Waals surface area contributed by atoms with Gasteiger partial charge in [-0.05, 0) is 38.0 Å². The summed E-state index contributed by atoms with van der Waals surface area (Å²) >= 11 is 3.82. The fourth-order valence-electron chi connectivity index (χ4n) is 1.57. The zero-order valence-electron chi connectivity index (χ0n) is 10.3. The molecule has 0 fully saturated rings. The van der Waals surface area contributed by atoms with Crippen molar-refractivity contribution < 1.29 is 9.90 Å². The second kappa shape index (κ2) is 6.54. The van der Waals surface area contributed by atoms with Gasteiger partial charge in [0.2, 0.25) is 0 Å². The molecule has 90 valence electrons. The molecular formula is C12H24O2S. The van der Waals surface area contributed by atoms with Crippen molar-refractivity contribution in [3.63, 3.8) is 0 Å². The van der Waals surface area contributed by atoms with E-state index in [1.807, 2.05) is 13.8 Å². The summed E-state index contributed by atoms with van der Waals surface area (Å²) in [5.74, 6) is 0.807. The van der Waals surface area contributed by atoms with Crippen LogP contribution in [0.25, 0.3) is 0 Å². The lowest BCUT2D eigenvalue weighted by Gasteiger charge is -2.26. The molecule has 15 heavy (non-hydrogen) atoms. The molecule has 0 aliphatic carbocycles. The van der Waals surface area contributed by atoms with Gasteiger partial charge in [0.1, 0.15) is 0 Å². The van der Waals surface area contributed by atoms with E-state index < -0.39 is 5.60 Å². The van der Waals surface area contributed by atoms with Gasteiger partial charge in [0.25, 0.3) is 0 Å². The van der Waals surface area contributed by atoms with Gasteiger partial charge < -0.3 is 5.11 Å². The van der Waals surface area contributed by atoms with Gasteiger partial charge in [-0.3, -0.25) is 4.79 Å². The molecule has 1 N–H and O–H groups in total. The van der Waals surface area contributed by atoms with E-state index in [0.29, 0.717) is 18.3 Å². The zero-order valence-corrected chi connectivity index (χ0v) is 11.2. The lowest BCUT2D eigenvalue weighted by molar-refractivity contribution is -0.112. The first kappa shape index (κ1) is 15.0. The molecule has 3 heteroatoms. The molecule has 0 heterocycles. The maximum absolute atomic E-state index is 11.0. The van der Waals surface area contributed by atoms with Crippen LogP contribution in [0.2, 0.25) is 0 Å². The maximum atomic E-state index is 11.0. The van der Waals surface area contributed by atoms with Gasteiger partial charge >= 0.3 is 0 Å². The van der Waals surface area contributed by atoms with Crippen molar-refractivity contribution >= 4 is 17.7 Å². The number of thiol groups is 1. The molecule has 0 saturated carbocycles. The highest BCUT2D eigenvalue weighted by atomic mass is 32.1. The van der Waals surface area contributed by atoms with Gasteiger partial charge in [-0.15, -0.1) is 12.6 Å². The molecule has 0 aliphatic rings. The molecule has 0 aromatic carbocycles. The van der Waals surface area contributed by atoms with E-state index in [4.69, 9.17) is 0 Å². The quantitative estimate of drug-likeness (QED) is 0.662. The van der Waals surface area contributed by atoms with Crippen LogP contribution in [0, 0.1) is 11.8 Å². The van der Waals surface area contributed by atoms with Crippen LogP contribution in [0.5, 0.6) is 0 Å². The van der Waals surface area contributed by atoms with Crippen molar-refractivity contribution in [2.75, 3.05) is 0 Å². The van der Waals surface area contributed by atoms with Gasteiger partial charge in [-0.2, -0.15) is 0 Å². The smallest absolute Gasteiger partial charge is 0.186 e. The molecule has 0 saturated heterocycles. The molecular weight excluding hydrogens is 208 g/mol. The minimum absolute atomic E-state index is 0.0511. The second-order valence-electron chi connectivity index (χ2n) is 4.99. The van der Waals surface area contributed by atoms with E-state index in [9.17, 15) is 9.90 Å². The number of rotatable bonds is 7. The highest BCUT2D eigenvalue weighted by Crippen LogP contribution is 2.26. The molecule has 0 amide bonds. The van der Waals surface area contributed by atoms with Gasteiger partial charge in [-0.25, -0.2) is 0 Å². The van der Waals surface area contributed by atoms with E-state index in [1.54, 1.807) is 0 Å². The van der Waals surface area contributed by atoms with Crippen LogP contribution in [-0.2, 0) is 4.79 Å². The molecule has 0 rings (SSSR count). The first-order valence-corrected chi connectivity index (χ1v) is 6.17. The molecule has 0 aromatic rings. The van der Waals surface area contributed by atoms with Crippen LogP contribution >= 0.6 is 12.6 Å². The van der Waals surface area contributed by atoms with E-state index in [0.717, 1.165) is 19.3 Å². The van der Waals surface area contributed by atoms with Crippen LogP contribution in [0.4, 0.5) is 0 Å². The van der Waals surface area contributed by atoms with Crippen LogP contribution in [0.3, 0.4) is 0 Å². The standard InChI is InChI=1S/C12H24O2S/c1-5-12(4,14)7-6-10(9(2)3)8-11(13)15/h9-10,14H,5-8H2,1-4H3,(H,13,15)/t10?,12-/m0/s1. The highest BCUT2D eigenvalue weighted by molar-refractivity contribution is 7.96. The Morgan fingerprint density at radius 2 is 2.00 bits per heavy atom. The van der Waals surface area contributed by atoms with Crippen molar-refractivity contribution in [1.82, 2.24) is 0 Å². The molecule has 2 atom stereocenters. The van der Waals surface area contributed by atoms with Crippen LogP contribution in [0.15, 0.2) is 0 Å². The Kier molecular flexibility index (Phi) is 6.53. The Bertz CT molecular complexity index is 200. The Labute approximate surface area is 98.9 Å². The van der Waals surface area contributed by atoms with Gasteiger partial charge in [-0.1, -0.05) is 20.8 Å². The molecule has 1 unspecified atom stereocenters. The molecule has 0 spiro atoms. The molecule has 0 radical (unpaired) electrons. The van der Waals surface area contributed by atoms with Crippen LogP contribution in [0.1, 0.15) is 53.4 Å². The van der Waals surface area contributed by atoms with Crippen molar-refractivity contribution in [3.8, 4) is 0 Å². The predicted molar refractivity (Wildman–Crippen MR) is 67.1 cm³/mol. The molecule has 2 nitrogen and oxygen atoms in total. The Balaban J connectivity index is 4.13. The maximum Gasteiger partial charge on any atom is 0.186 e.